The van der Waals surface area contributed by atoms with Gasteiger partial charge in [-0.15, -0.1) is 0 Å². The van der Waals surface area contributed by atoms with Crippen LogP contribution < -0.4 is 5.32 Å². The minimum atomic E-state index is -0.469. The molecule has 0 spiro atoms. The number of hydrogen-bond acceptors (Lipinski definition) is 5. The fourth-order valence-corrected chi connectivity index (χ4v) is 3.39. The van der Waals surface area contributed by atoms with Crippen LogP contribution in [-0.2, 0) is 11.3 Å². The van der Waals surface area contributed by atoms with E-state index < -0.39 is 4.92 Å². The summed E-state index contributed by atoms with van der Waals surface area (Å²) < 4.78 is 0. The van der Waals surface area contributed by atoms with E-state index >= 15 is 0 Å². The minimum Gasteiger partial charge on any atom is -0.325 e. The van der Waals surface area contributed by atoms with Gasteiger partial charge in [0.15, 0.2) is 0 Å². The van der Waals surface area contributed by atoms with E-state index in [0.717, 1.165) is 38.3 Å². The summed E-state index contributed by atoms with van der Waals surface area (Å²) in [7, 11) is 0. The van der Waals surface area contributed by atoms with Crippen LogP contribution in [0.5, 0.6) is 0 Å². The molecule has 148 valence electrons. The Kier molecular flexibility index (Phi) is 6.85. The van der Waals surface area contributed by atoms with Gasteiger partial charge in [0.05, 0.1) is 21.5 Å². The number of non-ortho nitro benzene ring substituents is 1. The van der Waals surface area contributed by atoms with E-state index in [9.17, 15) is 14.9 Å². The van der Waals surface area contributed by atoms with Crippen molar-refractivity contribution < 1.29 is 9.72 Å². The predicted molar refractivity (Wildman–Crippen MR) is 110 cm³/mol. The van der Waals surface area contributed by atoms with Gasteiger partial charge < -0.3 is 5.32 Å². The van der Waals surface area contributed by atoms with Crippen LogP contribution in [0.1, 0.15) is 5.56 Å². The smallest absolute Gasteiger partial charge is 0.269 e. The highest BCUT2D eigenvalue weighted by Gasteiger charge is 2.19. The van der Waals surface area contributed by atoms with Crippen LogP contribution >= 0.6 is 23.2 Å². The molecule has 0 unspecified atom stereocenters. The van der Waals surface area contributed by atoms with Crippen molar-refractivity contribution >= 4 is 40.5 Å². The van der Waals surface area contributed by atoms with E-state index in [-0.39, 0.29) is 18.1 Å². The first kappa shape index (κ1) is 20.5. The summed E-state index contributed by atoms with van der Waals surface area (Å²) in [6, 6.07) is 11.5. The number of hydrogen-bond donors (Lipinski definition) is 1. The van der Waals surface area contributed by atoms with Gasteiger partial charge in [0.1, 0.15) is 0 Å². The second-order valence-corrected chi connectivity index (χ2v) is 7.47. The molecule has 1 aliphatic heterocycles. The number of amides is 1. The molecule has 1 amide bonds. The van der Waals surface area contributed by atoms with Gasteiger partial charge in [-0.2, -0.15) is 0 Å². The number of carbonyl (C=O) groups is 1. The molecule has 0 atom stereocenters. The summed E-state index contributed by atoms with van der Waals surface area (Å²) in [5.74, 6) is -0.133. The maximum absolute atomic E-state index is 12.2. The molecule has 0 saturated carbocycles. The molecule has 1 saturated heterocycles. The van der Waals surface area contributed by atoms with Gasteiger partial charge in [-0.25, -0.2) is 0 Å². The van der Waals surface area contributed by atoms with E-state index in [0.29, 0.717) is 15.7 Å². The molecule has 1 aliphatic rings. The van der Waals surface area contributed by atoms with Gasteiger partial charge in [-0.3, -0.25) is 24.7 Å². The van der Waals surface area contributed by atoms with Crippen LogP contribution in [0.25, 0.3) is 0 Å². The third-order valence-electron chi connectivity index (χ3n) is 4.58. The highest BCUT2D eigenvalue weighted by atomic mass is 35.5. The highest BCUT2D eigenvalue weighted by Crippen LogP contribution is 2.23. The number of nitro benzene ring substituents is 1. The lowest BCUT2D eigenvalue weighted by atomic mass is 10.2. The Morgan fingerprint density at radius 3 is 2.25 bits per heavy atom. The number of nitrogens with zero attached hydrogens (tertiary/aromatic N) is 3. The molecule has 1 N–H and O–H groups in total. The van der Waals surface area contributed by atoms with Crippen molar-refractivity contribution in [2.24, 2.45) is 0 Å². The third kappa shape index (κ3) is 5.65. The van der Waals surface area contributed by atoms with Crippen LogP contribution in [0.15, 0.2) is 42.5 Å². The number of nitrogens with one attached hydrogen (secondary N) is 1. The maximum atomic E-state index is 12.2. The molecule has 2 aromatic rings. The Morgan fingerprint density at radius 2 is 1.64 bits per heavy atom. The normalized spacial score (nSPS) is 15.4. The predicted octanol–water partition coefficient (Wildman–Crippen LogP) is 3.66. The zero-order valence-corrected chi connectivity index (χ0v) is 16.6. The quantitative estimate of drug-likeness (QED) is 0.567. The van der Waals surface area contributed by atoms with E-state index in [4.69, 9.17) is 23.2 Å². The molecule has 2 aromatic carbocycles. The standard InChI is InChI=1S/C19H20Cl2N4O3/c20-17-6-1-14(11-18(17)21)12-23-7-9-24(10-8-23)13-19(26)22-15-2-4-16(5-3-15)25(27)28/h1-6,11H,7-10,12-13H2,(H,22,26). The van der Waals surface area contributed by atoms with Crippen molar-refractivity contribution in [3.63, 3.8) is 0 Å². The fourth-order valence-electron chi connectivity index (χ4n) is 3.07. The SMILES string of the molecule is O=C(CN1CCN(Cc2ccc(Cl)c(Cl)c2)CC1)Nc1ccc([N+](=O)[O-])cc1. The molecule has 28 heavy (non-hydrogen) atoms. The molecule has 3 rings (SSSR count). The Labute approximate surface area is 173 Å². The van der Waals surface area contributed by atoms with Crippen molar-refractivity contribution in [2.45, 2.75) is 6.54 Å². The zero-order chi connectivity index (χ0) is 20.1. The van der Waals surface area contributed by atoms with Crippen LogP contribution in [0.3, 0.4) is 0 Å². The van der Waals surface area contributed by atoms with Gasteiger partial charge in [0.2, 0.25) is 5.91 Å². The van der Waals surface area contributed by atoms with Crippen molar-refractivity contribution in [3.8, 4) is 0 Å². The number of carbonyl (C=O) groups excluding carboxylic acids is 1. The van der Waals surface area contributed by atoms with E-state index in [1.165, 1.54) is 24.3 Å². The summed E-state index contributed by atoms with van der Waals surface area (Å²) in [6.45, 7) is 4.36. The lowest BCUT2D eigenvalue weighted by Crippen LogP contribution is -2.48. The number of benzene rings is 2. The van der Waals surface area contributed by atoms with Gasteiger partial charge in [0, 0.05) is 50.5 Å². The highest BCUT2D eigenvalue weighted by molar-refractivity contribution is 6.42. The maximum Gasteiger partial charge on any atom is 0.269 e. The lowest BCUT2D eigenvalue weighted by molar-refractivity contribution is -0.384. The summed E-state index contributed by atoms with van der Waals surface area (Å²) in [4.78, 5) is 26.8. The molecular weight excluding hydrogens is 403 g/mol. The summed E-state index contributed by atoms with van der Waals surface area (Å²) in [6.07, 6.45) is 0. The van der Waals surface area contributed by atoms with Gasteiger partial charge in [-0.1, -0.05) is 29.3 Å². The second-order valence-electron chi connectivity index (χ2n) is 6.65. The molecule has 0 bridgehead atoms. The molecule has 9 heteroatoms. The Morgan fingerprint density at radius 1 is 1.00 bits per heavy atom. The number of rotatable bonds is 6. The van der Waals surface area contributed by atoms with E-state index in [2.05, 4.69) is 15.1 Å². The van der Waals surface area contributed by atoms with Crippen LogP contribution in [0.4, 0.5) is 11.4 Å². The van der Waals surface area contributed by atoms with Crippen molar-refractivity contribution in [2.75, 3.05) is 38.0 Å². The lowest BCUT2D eigenvalue weighted by Gasteiger charge is -2.34. The topological polar surface area (TPSA) is 78.7 Å². The van der Waals surface area contributed by atoms with E-state index in [1.54, 1.807) is 6.07 Å². The van der Waals surface area contributed by atoms with Crippen molar-refractivity contribution in [3.05, 3.63) is 68.2 Å². The second kappa shape index (κ2) is 9.34. The molecule has 1 heterocycles. The first-order valence-electron chi connectivity index (χ1n) is 8.83. The van der Waals surface area contributed by atoms with Crippen LogP contribution in [0.2, 0.25) is 10.0 Å². The first-order chi connectivity index (χ1) is 13.4. The Balaban J connectivity index is 1.43. The minimum absolute atomic E-state index is 0.00362. The molecule has 1 fully saturated rings. The molecule has 0 aliphatic carbocycles. The number of anilines is 1. The monoisotopic (exact) mass is 422 g/mol. The third-order valence-corrected chi connectivity index (χ3v) is 5.32. The first-order valence-corrected chi connectivity index (χ1v) is 9.59. The molecule has 7 nitrogen and oxygen atoms in total. The van der Waals surface area contributed by atoms with Gasteiger partial charge in [-0.05, 0) is 29.8 Å². The summed E-state index contributed by atoms with van der Waals surface area (Å²) >= 11 is 12.0. The largest absolute Gasteiger partial charge is 0.325 e. The zero-order valence-electron chi connectivity index (χ0n) is 15.1. The Hall–Kier alpha value is -2.19. The van der Waals surface area contributed by atoms with Crippen molar-refractivity contribution in [1.29, 1.82) is 0 Å². The van der Waals surface area contributed by atoms with Crippen molar-refractivity contribution in [1.82, 2.24) is 9.80 Å². The molecule has 0 aromatic heterocycles. The van der Waals surface area contributed by atoms with Crippen LogP contribution in [-0.4, -0.2) is 53.4 Å². The fraction of sp³-hybridized carbons (Fsp3) is 0.316. The van der Waals surface area contributed by atoms with E-state index in [1.807, 2.05) is 12.1 Å². The molecule has 0 radical (unpaired) electrons. The van der Waals surface area contributed by atoms with Gasteiger partial charge >= 0.3 is 0 Å². The Bertz CT molecular complexity index is 853. The summed E-state index contributed by atoms with van der Waals surface area (Å²) in [5.41, 5.74) is 1.66. The average molecular weight is 423 g/mol. The van der Waals surface area contributed by atoms with Crippen LogP contribution in [0, 0.1) is 10.1 Å². The number of piperazine rings is 1. The number of nitro groups is 1. The average Bonchev–Trinajstić information content (AvgIpc) is 2.67. The van der Waals surface area contributed by atoms with Gasteiger partial charge in [0.25, 0.3) is 5.69 Å². The number of halogens is 2. The summed E-state index contributed by atoms with van der Waals surface area (Å²) in [5, 5.41) is 14.5. The molecular formula is C19H20Cl2N4O3.